The molecule has 1 unspecified atom stereocenters. The zero-order valence-electron chi connectivity index (χ0n) is 19.9. The predicted molar refractivity (Wildman–Crippen MR) is 136 cm³/mol. The smallest absolute Gasteiger partial charge is 0.251 e. The number of hydrogen-bond acceptors (Lipinski definition) is 4. The number of aryl methyl sites for hydroxylation is 1. The minimum atomic E-state index is -0.0269. The molecule has 176 valence electrons. The molecule has 1 amide bonds. The summed E-state index contributed by atoms with van der Waals surface area (Å²) in [6, 6.07) is 25.5. The number of benzene rings is 3. The summed E-state index contributed by atoms with van der Waals surface area (Å²) in [6.07, 6.45) is 1.06. The monoisotopic (exact) mass is 455 g/mol. The summed E-state index contributed by atoms with van der Waals surface area (Å²) in [5.41, 5.74) is 7.17. The minimum Gasteiger partial charge on any atom is -0.379 e. The van der Waals surface area contributed by atoms with Crippen molar-refractivity contribution in [3.8, 4) is 0 Å². The van der Waals surface area contributed by atoms with Gasteiger partial charge in [0.15, 0.2) is 0 Å². The SMILES string of the molecule is Cc1ccc(C(CNC(=O)c2ccc(N3CCc4ccccc4C3)cc2)N2CCOCC2)cc1. The van der Waals surface area contributed by atoms with E-state index in [4.69, 9.17) is 4.74 Å². The molecule has 1 N–H and O–H groups in total. The molecule has 0 bridgehead atoms. The van der Waals surface area contributed by atoms with Crippen LogP contribution >= 0.6 is 0 Å². The maximum Gasteiger partial charge on any atom is 0.251 e. The first kappa shape index (κ1) is 22.6. The first-order chi connectivity index (χ1) is 16.7. The molecule has 2 aliphatic heterocycles. The van der Waals surface area contributed by atoms with E-state index in [2.05, 4.69) is 82.7 Å². The van der Waals surface area contributed by atoms with Gasteiger partial charge in [-0.3, -0.25) is 9.69 Å². The van der Waals surface area contributed by atoms with Crippen LogP contribution in [0.5, 0.6) is 0 Å². The molecule has 1 fully saturated rings. The second kappa shape index (κ2) is 10.4. The number of morpholine rings is 1. The molecule has 5 rings (SSSR count). The van der Waals surface area contributed by atoms with Crippen molar-refractivity contribution >= 4 is 11.6 Å². The van der Waals surface area contributed by atoms with Gasteiger partial charge in [0.1, 0.15) is 0 Å². The number of rotatable bonds is 6. The van der Waals surface area contributed by atoms with E-state index in [0.29, 0.717) is 12.1 Å². The highest BCUT2D eigenvalue weighted by atomic mass is 16.5. The van der Waals surface area contributed by atoms with Gasteiger partial charge in [-0.1, -0.05) is 54.1 Å². The summed E-state index contributed by atoms with van der Waals surface area (Å²) in [4.78, 5) is 17.8. The molecule has 0 saturated carbocycles. The van der Waals surface area contributed by atoms with Gasteiger partial charge in [0, 0.05) is 44.0 Å². The van der Waals surface area contributed by atoms with Crippen molar-refractivity contribution in [1.29, 1.82) is 0 Å². The maximum absolute atomic E-state index is 13.0. The van der Waals surface area contributed by atoms with Gasteiger partial charge in [0.25, 0.3) is 5.91 Å². The second-order valence-electron chi connectivity index (χ2n) is 9.27. The lowest BCUT2D eigenvalue weighted by Gasteiger charge is -2.35. The predicted octanol–water partition coefficient (Wildman–Crippen LogP) is 4.36. The molecule has 5 heteroatoms. The summed E-state index contributed by atoms with van der Waals surface area (Å²) in [5, 5.41) is 3.19. The molecule has 0 aliphatic carbocycles. The normalized spacial score (nSPS) is 17.1. The average molecular weight is 456 g/mol. The van der Waals surface area contributed by atoms with E-state index in [1.807, 2.05) is 12.1 Å². The number of fused-ring (bicyclic) bond motifs is 1. The van der Waals surface area contributed by atoms with Crippen LogP contribution in [0, 0.1) is 6.92 Å². The van der Waals surface area contributed by atoms with Crippen LogP contribution < -0.4 is 10.2 Å². The van der Waals surface area contributed by atoms with Crippen LogP contribution in [-0.4, -0.2) is 50.2 Å². The van der Waals surface area contributed by atoms with E-state index in [1.54, 1.807) is 0 Å². The van der Waals surface area contributed by atoms with E-state index in [1.165, 1.54) is 22.3 Å². The molecule has 3 aromatic carbocycles. The van der Waals surface area contributed by atoms with Crippen molar-refractivity contribution in [1.82, 2.24) is 10.2 Å². The molecule has 2 heterocycles. The fraction of sp³-hybridized carbons (Fsp3) is 0.345. The topological polar surface area (TPSA) is 44.8 Å². The molecule has 0 radical (unpaired) electrons. The number of carbonyl (C=O) groups excluding carboxylic acids is 1. The van der Waals surface area contributed by atoms with Crippen LogP contribution in [-0.2, 0) is 17.7 Å². The first-order valence-electron chi connectivity index (χ1n) is 12.3. The number of hydrogen-bond donors (Lipinski definition) is 1. The Morgan fingerprint density at radius 2 is 1.62 bits per heavy atom. The molecule has 0 spiro atoms. The lowest BCUT2D eigenvalue weighted by atomic mass is 9.99. The van der Waals surface area contributed by atoms with Crippen LogP contribution in [0.25, 0.3) is 0 Å². The van der Waals surface area contributed by atoms with Gasteiger partial charge in [-0.05, 0) is 54.3 Å². The molecule has 5 nitrogen and oxygen atoms in total. The van der Waals surface area contributed by atoms with Gasteiger partial charge in [-0.25, -0.2) is 0 Å². The number of amides is 1. The van der Waals surface area contributed by atoms with Crippen molar-refractivity contribution in [3.05, 3.63) is 101 Å². The van der Waals surface area contributed by atoms with Crippen LogP contribution in [0.4, 0.5) is 5.69 Å². The van der Waals surface area contributed by atoms with Crippen molar-refractivity contribution < 1.29 is 9.53 Å². The number of carbonyl (C=O) groups is 1. The van der Waals surface area contributed by atoms with Gasteiger partial charge < -0.3 is 15.0 Å². The molecular formula is C29H33N3O2. The van der Waals surface area contributed by atoms with Gasteiger partial charge in [0.05, 0.1) is 19.3 Å². The molecular weight excluding hydrogens is 422 g/mol. The number of nitrogens with zero attached hydrogens (tertiary/aromatic N) is 2. The highest BCUT2D eigenvalue weighted by Crippen LogP contribution is 2.25. The minimum absolute atomic E-state index is 0.0269. The fourth-order valence-electron chi connectivity index (χ4n) is 4.97. The summed E-state index contributed by atoms with van der Waals surface area (Å²) in [5.74, 6) is -0.0269. The Morgan fingerprint density at radius 1 is 0.912 bits per heavy atom. The largest absolute Gasteiger partial charge is 0.379 e. The third-order valence-corrected chi connectivity index (χ3v) is 7.03. The van der Waals surface area contributed by atoms with Gasteiger partial charge in [-0.2, -0.15) is 0 Å². The quantitative estimate of drug-likeness (QED) is 0.600. The Bertz CT molecular complexity index is 1100. The van der Waals surface area contributed by atoms with E-state index in [0.717, 1.165) is 51.5 Å². The van der Waals surface area contributed by atoms with Crippen molar-refractivity contribution in [3.63, 3.8) is 0 Å². The third kappa shape index (κ3) is 5.16. The zero-order chi connectivity index (χ0) is 23.3. The van der Waals surface area contributed by atoms with Gasteiger partial charge in [-0.15, -0.1) is 0 Å². The standard InChI is InChI=1S/C29H33N3O2/c1-22-6-8-24(9-7-22)28(31-16-18-34-19-17-31)20-30-29(33)25-10-12-27(13-11-25)32-15-14-23-4-2-3-5-26(23)21-32/h2-13,28H,14-21H2,1H3,(H,30,33). The summed E-state index contributed by atoms with van der Waals surface area (Å²) in [6.45, 7) is 7.82. The molecule has 3 aromatic rings. The van der Waals surface area contributed by atoms with E-state index in [-0.39, 0.29) is 11.9 Å². The van der Waals surface area contributed by atoms with Crippen LogP contribution in [0.15, 0.2) is 72.8 Å². The Kier molecular flexibility index (Phi) is 6.93. The summed E-state index contributed by atoms with van der Waals surface area (Å²) < 4.78 is 5.55. The van der Waals surface area contributed by atoms with Gasteiger partial charge >= 0.3 is 0 Å². The van der Waals surface area contributed by atoms with Gasteiger partial charge in [0.2, 0.25) is 0 Å². The molecule has 34 heavy (non-hydrogen) atoms. The fourth-order valence-corrected chi connectivity index (χ4v) is 4.97. The van der Waals surface area contributed by atoms with Crippen LogP contribution in [0.2, 0.25) is 0 Å². The van der Waals surface area contributed by atoms with Crippen LogP contribution in [0.1, 0.15) is 38.7 Å². The molecule has 1 atom stereocenters. The van der Waals surface area contributed by atoms with E-state index < -0.39 is 0 Å². The van der Waals surface area contributed by atoms with E-state index in [9.17, 15) is 4.79 Å². The Hall–Kier alpha value is -3.15. The summed E-state index contributed by atoms with van der Waals surface area (Å²) in [7, 11) is 0. The zero-order valence-corrected chi connectivity index (χ0v) is 19.9. The van der Waals surface area contributed by atoms with Crippen molar-refractivity contribution in [2.75, 3.05) is 44.3 Å². The van der Waals surface area contributed by atoms with Crippen molar-refractivity contribution in [2.45, 2.75) is 25.9 Å². The number of nitrogens with one attached hydrogen (secondary N) is 1. The highest BCUT2D eigenvalue weighted by Gasteiger charge is 2.23. The van der Waals surface area contributed by atoms with Crippen LogP contribution in [0.3, 0.4) is 0 Å². The molecule has 0 aromatic heterocycles. The lowest BCUT2D eigenvalue weighted by molar-refractivity contribution is 0.0162. The van der Waals surface area contributed by atoms with E-state index >= 15 is 0 Å². The third-order valence-electron chi connectivity index (χ3n) is 7.03. The Labute approximate surface area is 202 Å². The number of anilines is 1. The average Bonchev–Trinajstić information content (AvgIpc) is 2.90. The molecule has 2 aliphatic rings. The van der Waals surface area contributed by atoms with Crippen molar-refractivity contribution in [2.24, 2.45) is 0 Å². The number of ether oxygens (including phenoxy) is 1. The maximum atomic E-state index is 13.0. The Balaban J connectivity index is 1.23. The molecule has 1 saturated heterocycles. The lowest BCUT2D eigenvalue weighted by Crippen LogP contribution is -2.43. The second-order valence-corrected chi connectivity index (χ2v) is 9.27. The summed E-state index contributed by atoms with van der Waals surface area (Å²) >= 11 is 0. The highest BCUT2D eigenvalue weighted by molar-refractivity contribution is 5.94. The Morgan fingerprint density at radius 3 is 2.35 bits per heavy atom. The first-order valence-corrected chi connectivity index (χ1v) is 12.3.